The summed E-state index contributed by atoms with van der Waals surface area (Å²) in [5, 5.41) is 7.30. The highest BCUT2D eigenvalue weighted by molar-refractivity contribution is 6.30. The van der Waals surface area contributed by atoms with E-state index in [0.29, 0.717) is 21.8 Å². The number of aromatic nitrogens is 1. The lowest BCUT2D eigenvalue weighted by atomic mass is 10.1. The highest BCUT2D eigenvalue weighted by Gasteiger charge is 2.06. The van der Waals surface area contributed by atoms with Crippen LogP contribution >= 0.6 is 11.6 Å². The van der Waals surface area contributed by atoms with E-state index >= 15 is 0 Å². The number of amides is 2. The third-order valence-corrected chi connectivity index (χ3v) is 3.85. The molecule has 1 heterocycles. The summed E-state index contributed by atoms with van der Waals surface area (Å²) < 4.78 is 0. The van der Waals surface area contributed by atoms with Gasteiger partial charge < -0.3 is 5.32 Å². The number of nitrogens with zero attached hydrogens (tertiary/aromatic N) is 2. The minimum Gasteiger partial charge on any atom is -0.322 e. The number of benzene rings is 2. The summed E-state index contributed by atoms with van der Waals surface area (Å²) in [6.07, 6.45) is 4.57. The van der Waals surface area contributed by atoms with E-state index < -0.39 is 0 Å². The SMILES string of the molecule is O=C(N/N=C/c1ccc(C(=O)Nc2ccc(Cl)cc2)cc1)c1ccncc1. The molecule has 0 bridgehead atoms. The molecular weight excluding hydrogens is 364 g/mol. The van der Waals surface area contributed by atoms with Crippen LogP contribution in [0.25, 0.3) is 0 Å². The standard InChI is InChI=1S/C20H15ClN4O2/c21-17-5-7-18(8-6-17)24-19(26)15-3-1-14(2-4-15)13-23-25-20(27)16-9-11-22-12-10-16/h1-13H,(H,24,26)(H,25,27)/b23-13+. The lowest BCUT2D eigenvalue weighted by Gasteiger charge is -2.05. The van der Waals surface area contributed by atoms with Crippen molar-refractivity contribution < 1.29 is 9.59 Å². The topological polar surface area (TPSA) is 83.5 Å². The molecule has 0 aliphatic heterocycles. The number of hydrogen-bond acceptors (Lipinski definition) is 4. The number of carbonyl (C=O) groups excluding carboxylic acids is 2. The van der Waals surface area contributed by atoms with Crippen LogP contribution in [-0.2, 0) is 0 Å². The van der Waals surface area contributed by atoms with E-state index in [1.807, 2.05) is 0 Å². The van der Waals surface area contributed by atoms with Gasteiger partial charge in [0.2, 0.25) is 0 Å². The Kier molecular flexibility index (Phi) is 5.91. The van der Waals surface area contributed by atoms with Crippen LogP contribution in [-0.4, -0.2) is 23.0 Å². The lowest BCUT2D eigenvalue weighted by molar-refractivity contribution is 0.0954. The lowest BCUT2D eigenvalue weighted by Crippen LogP contribution is -2.17. The maximum absolute atomic E-state index is 12.2. The summed E-state index contributed by atoms with van der Waals surface area (Å²) in [4.78, 5) is 27.9. The first kappa shape index (κ1) is 18.3. The number of nitrogens with one attached hydrogen (secondary N) is 2. The maximum Gasteiger partial charge on any atom is 0.271 e. The van der Waals surface area contributed by atoms with Gasteiger partial charge in [0, 0.05) is 34.2 Å². The van der Waals surface area contributed by atoms with Gasteiger partial charge in [-0.1, -0.05) is 23.7 Å². The number of carbonyl (C=O) groups is 2. The van der Waals surface area contributed by atoms with Gasteiger partial charge in [0.25, 0.3) is 11.8 Å². The normalized spacial score (nSPS) is 10.6. The summed E-state index contributed by atoms with van der Waals surface area (Å²) in [6, 6.07) is 16.9. The van der Waals surface area contributed by atoms with Crippen molar-refractivity contribution in [3.8, 4) is 0 Å². The van der Waals surface area contributed by atoms with E-state index in [-0.39, 0.29) is 11.8 Å². The summed E-state index contributed by atoms with van der Waals surface area (Å²) in [6.45, 7) is 0. The van der Waals surface area contributed by atoms with Gasteiger partial charge in [-0.05, 0) is 54.1 Å². The van der Waals surface area contributed by atoms with Gasteiger partial charge in [-0.15, -0.1) is 0 Å². The predicted octanol–water partition coefficient (Wildman–Crippen LogP) is 3.75. The molecule has 0 radical (unpaired) electrons. The van der Waals surface area contributed by atoms with Crippen LogP contribution in [0.1, 0.15) is 26.3 Å². The molecule has 134 valence electrons. The fraction of sp³-hybridized carbons (Fsp3) is 0. The number of pyridine rings is 1. The van der Waals surface area contributed by atoms with Gasteiger partial charge >= 0.3 is 0 Å². The summed E-state index contributed by atoms with van der Waals surface area (Å²) >= 11 is 5.82. The van der Waals surface area contributed by atoms with E-state index in [1.165, 1.54) is 18.6 Å². The zero-order valence-corrected chi connectivity index (χ0v) is 14.9. The van der Waals surface area contributed by atoms with Crippen molar-refractivity contribution in [2.24, 2.45) is 5.10 Å². The molecule has 7 heteroatoms. The quantitative estimate of drug-likeness (QED) is 0.524. The second-order valence-electron chi connectivity index (χ2n) is 5.52. The Morgan fingerprint density at radius 2 is 1.48 bits per heavy atom. The molecule has 1 aromatic heterocycles. The van der Waals surface area contributed by atoms with E-state index in [0.717, 1.165) is 5.56 Å². The van der Waals surface area contributed by atoms with Crippen molar-refractivity contribution in [3.05, 3.63) is 94.8 Å². The molecule has 0 unspecified atom stereocenters. The first-order chi connectivity index (χ1) is 13.1. The van der Waals surface area contributed by atoms with Crippen molar-refractivity contribution in [1.29, 1.82) is 0 Å². The molecule has 0 spiro atoms. The Hall–Kier alpha value is -3.51. The highest BCUT2D eigenvalue weighted by atomic mass is 35.5. The van der Waals surface area contributed by atoms with Gasteiger partial charge in [0.05, 0.1) is 6.21 Å². The molecule has 2 N–H and O–H groups in total. The number of hydrogen-bond donors (Lipinski definition) is 2. The van der Waals surface area contributed by atoms with Crippen LogP contribution in [0.3, 0.4) is 0 Å². The van der Waals surface area contributed by atoms with Crippen molar-refractivity contribution in [3.63, 3.8) is 0 Å². The Labute approximate surface area is 160 Å². The third-order valence-electron chi connectivity index (χ3n) is 3.60. The van der Waals surface area contributed by atoms with Crippen LogP contribution in [0.2, 0.25) is 5.02 Å². The Balaban J connectivity index is 1.57. The zero-order chi connectivity index (χ0) is 19.1. The Morgan fingerprint density at radius 3 is 2.15 bits per heavy atom. The number of hydrazone groups is 1. The average molecular weight is 379 g/mol. The molecule has 0 atom stereocenters. The van der Waals surface area contributed by atoms with Crippen LogP contribution < -0.4 is 10.7 Å². The molecule has 0 saturated heterocycles. The van der Waals surface area contributed by atoms with Gasteiger partial charge in [-0.25, -0.2) is 5.43 Å². The number of anilines is 1. The fourth-order valence-corrected chi connectivity index (χ4v) is 2.32. The van der Waals surface area contributed by atoms with E-state index in [9.17, 15) is 9.59 Å². The molecule has 3 rings (SSSR count). The van der Waals surface area contributed by atoms with Crippen LogP contribution in [0.15, 0.2) is 78.2 Å². The highest BCUT2D eigenvalue weighted by Crippen LogP contribution is 2.14. The maximum atomic E-state index is 12.2. The van der Waals surface area contributed by atoms with E-state index in [4.69, 9.17) is 11.6 Å². The van der Waals surface area contributed by atoms with Gasteiger partial charge in [0.1, 0.15) is 0 Å². The second kappa shape index (κ2) is 8.73. The number of rotatable bonds is 5. The third kappa shape index (κ3) is 5.23. The average Bonchev–Trinajstić information content (AvgIpc) is 2.71. The molecule has 0 aliphatic carbocycles. The minimum atomic E-state index is -0.326. The molecule has 3 aromatic rings. The molecule has 6 nitrogen and oxygen atoms in total. The number of halogens is 1. The first-order valence-electron chi connectivity index (χ1n) is 8.02. The van der Waals surface area contributed by atoms with Crippen LogP contribution in [0, 0.1) is 0 Å². The Bertz CT molecular complexity index is 956. The van der Waals surface area contributed by atoms with Crippen molar-refractivity contribution in [2.45, 2.75) is 0 Å². The largest absolute Gasteiger partial charge is 0.322 e. The van der Waals surface area contributed by atoms with Crippen molar-refractivity contribution >= 4 is 35.3 Å². The molecular formula is C20H15ClN4O2. The second-order valence-corrected chi connectivity index (χ2v) is 5.95. The smallest absolute Gasteiger partial charge is 0.271 e. The molecule has 0 aliphatic rings. The zero-order valence-electron chi connectivity index (χ0n) is 14.1. The first-order valence-corrected chi connectivity index (χ1v) is 8.40. The van der Waals surface area contributed by atoms with Crippen molar-refractivity contribution in [2.75, 3.05) is 5.32 Å². The predicted molar refractivity (Wildman–Crippen MR) is 105 cm³/mol. The van der Waals surface area contributed by atoms with Gasteiger partial charge in [0.15, 0.2) is 0 Å². The molecule has 0 saturated carbocycles. The fourth-order valence-electron chi connectivity index (χ4n) is 2.19. The van der Waals surface area contributed by atoms with Crippen molar-refractivity contribution in [1.82, 2.24) is 10.4 Å². The van der Waals surface area contributed by atoms with Crippen LogP contribution in [0.4, 0.5) is 5.69 Å². The van der Waals surface area contributed by atoms with Gasteiger partial charge in [-0.2, -0.15) is 5.10 Å². The molecule has 2 aromatic carbocycles. The monoisotopic (exact) mass is 378 g/mol. The molecule has 0 fully saturated rings. The Morgan fingerprint density at radius 1 is 0.852 bits per heavy atom. The summed E-state index contributed by atoms with van der Waals surface area (Å²) in [5.74, 6) is -0.556. The summed E-state index contributed by atoms with van der Waals surface area (Å²) in [7, 11) is 0. The van der Waals surface area contributed by atoms with E-state index in [1.54, 1.807) is 60.7 Å². The van der Waals surface area contributed by atoms with Gasteiger partial charge in [-0.3, -0.25) is 14.6 Å². The minimum absolute atomic E-state index is 0.230. The van der Waals surface area contributed by atoms with Crippen LogP contribution in [0.5, 0.6) is 0 Å². The van der Waals surface area contributed by atoms with E-state index in [2.05, 4.69) is 20.8 Å². The summed E-state index contributed by atoms with van der Waals surface area (Å²) in [5.41, 5.74) is 4.81. The molecule has 2 amide bonds. The molecule has 27 heavy (non-hydrogen) atoms.